The molecule has 0 radical (unpaired) electrons. The molecule has 7 nitrogen and oxygen atoms in total. The Balaban J connectivity index is 2.81. The zero-order valence-electron chi connectivity index (χ0n) is 9.54. The predicted octanol–water partition coefficient (Wildman–Crippen LogP) is 1.35. The summed E-state index contributed by atoms with van der Waals surface area (Å²) < 4.78 is 4.78. The molecule has 0 aliphatic carbocycles. The van der Waals surface area contributed by atoms with Crippen LogP contribution in [0.2, 0.25) is 0 Å². The maximum absolute atomic E-state index is 11.3. The van der Waals surface area contributed by atoms with Crippen LogP contribution in [0.1, 0.15) is 13.8 Å². The number of nitrogens with zero attached hydrogens (tertiary/aromatic N) is 2. The Hall–Kier alpha value is -2.18. The highest BCUT2D eigenvalue weighted by Crippen LogP contribution is 2.20. The van der Waals surface area contributed by atoms with E-state index in [1.165, 1.54) is 18.3 Å². The van der Waals surface area contributed by atoms with Gasteiger partial charge in [0.25, 0.3) is 0 Å². The van der Waals surface area contributed by atoms with Gasteiger partial charge in [-0.1, -0.05) is 0 Å². The van der Waals surface area contributed by atoms with E-state index in [1.807, 2.05) is 0 Å². The lowest BCUT2D eigenvalue weighted by Crippen LogP contribution is -2.28. The molecule has 1 aromatic rings. The molecule has 0 amide bonds. The topological polar surface area (TPSA) is 94.4 Å². The van der Waals surface area contributed by atoms with Gasteiger partial charge in [0.2, 0.25) is 5.82 Å². The van der Waals surface area contributed by atoms with E-state index in [0.717, 1.165) is 0 Å². The van der Waals surface area contributed by atoms with Gasteiger partial charge in [-0.2, -0.15) is 0 Å². The Bertz CT molecular complexity index is 422. The van der Waals surface area contributed by atoms with E-state index >= 15 is 0 Å². The van der Waals surface area contributed by atoms with Gasteiger partial charge < -0.3 is 10.1 Å². The van der Waals surface area contributed by atoms with E-state index in [1.54, 1.807) is 13.8 Å². The summed E-state index contributed by atoms with van der Waals surface area (Å²) in [6.45, 7) is 3.50. The van der Waals surface area contributed by atoms with Crippen molar-refractivity contribution in [2.24, 2.45) is 0 Å². The van der Waals surface area contributed by atoms with Crippen molar-refractivity contribution in [3.63, 3.8) is 0 Å². The number of hydrogen-bond acceptors (Lipinski definition) is 6. The number of rotatable bonds is 5. The molecule has 0 bridgehead atoms. The van der Waals surface area contributed by atoms with Crippen molar-refractivity contribution in [2.45, 2.75) is 19.9 Å². The number of esters is 1. The zero-order chi connectivity index (χ0) is 12.8. The standard InChI is InChI=1S/C10H13N3O4/c1-3-17-10(14)7(2)12-9-8(13(15)16)5-4-6-11-9/h4-7H,3H2,1-2H3,(H,11,12). The smallest absolute Gasteiger partial charge is 0.328 e. The highest BCUT2D eigenvalue weighted by atomic mass is 16.6. The van der Waals surface area contributed by atoms with Crippen LogP contribution >= 0.6 is 0 Å². The number of anilines is 1. The van der Waals surface area contributed by atoms with Gasteiger partial charge >= 0.3 is 11.7 Å². The molecular formula is C10H13N3O4. The van der Waals surface area contributed by atoms with Crippen LogP contribution in [0.15, 0.2) is 18.3 Å². The lowest BCUT2D eigenvalue weighted by atomic mass is 10.3. The molecule has 1 N–H and O–H groups in total. The van der Waals surface area contributed by atoms with Crippen LogP contribution in [0.5, 0.6) is 0 Å². The third-order valence-corrected chi connectivity index (χ3v) is 1.98. The number of pyridine rings is 1. The largest absolute Gasteiger partial charge is 0.464 e. The van der Waals surface area contributed by atoms with Crippen molar-refractivity contribution in [2.75, 3.05) is 11.9 Å². The number of aromatic nitrogens is 1. The highest BCUT2D eigenvalue weighted by Gasteiger charge is 2.20. The van der Waals surface area contributed by atoms with E-state index in [9.17, 15) is 14.9 Å². The van der Waals surface area contributed by atoms with E-state index in [0.29, 0.717) is 0 Å². The van der Waals surface area contributed by atoms with Crippen molar-refractivity contribution >= 4 is 17.5 Å². The van der Waals surface area contributed by atoms with E-state index in [2.05, 4.69) is 10.3 Å². The minimum atomic E-state index is -0.691. The molecule has 0 aliphatic rings. The summed E-state index contributed by atoms with van der Waals surface area (Å²) in [7, 11) is 0. The van der Waals surface area contributed by atoms with Gasteiger partial charge in [0.1, 0.15) is 6.04 Å². The first-order valence-electron chi connectivity index (χ1n) is 5.08. The van der Waals surface area contributed by atoms with Crippen molar-refractivity contribution in [3.8, 4) is 0 Å². The van der Waals surface area contributed by atoms with Gasteiger partial charge in [-0.25, -0.2) is 9.78 Å². The van der Waals surface area contributed by atoms with Gasteiger partial charge in [0.05, 0.1) is 11.5 Å². The average molecular weight is 239 g/mol. The number of carbonyl (C=O) groups excluding carboxylic acids is 1. The van der Waals surface area contributed by atoms with Crippen LogP contribution in [-0.2, 0) is 9.53 Å². The van der Waals surface area contributed by atoms with Crippen molar-refractivity contribution in [3.05, 3.63) is 28.4 Å². The van der Waals surface area contributed by atoms with Gasteiger partial charge in [0.15, 0.2) is 0 Å². The van der Waals surface area contributed by atoms with Crippen molar-refractivity contribution in [1.29, 1.82) is 0 Å². The minimum absolute atomic E-state index is 0.0538. The summed E-state index contributed by atoms with van der Waals surface area (Å²) >= 11 is 0. The number of nitro groups is 1. The summed E-state index contributed by atoms with van der Waals surface area (Å²) in [6.07, 6.45) is 1.41. The average Bonchev–Trinajstić information content (AvgIpc) is 2.29. The molecule has 0 fully saturated rings. The monoisotopic (exact) mass is 239 g/mol. The molecule has 92 valence electrons. The summed E-state index contributed by atoms with van der Waals surface area (Å²) in [5.41, 5.74) is -0.177. The van der Waals surface area contributed by atoms with Crippen LogP contribution in [0.4, 0.5) is 11.5 Å². The van der Waals surface area contributed by atoms with Crippen LogP contribution in [-0.4, -0.2) is 28.5 Å². The molecule has 1 aromatic heterocycles. The lowest BCUT2D eigenvalue weighted by molar-refractivity contribution is -0.384. The maximum Gasteiger partial charge on any atom is 0.328 e. The molecule has 17 heavy (non-hydrogen) atoms. The van der Waals surface area contributed by atoms with E-state index < -0.39 is 16.9 Å². The van der Waals surface area contributed by atoms with Crippen LogP contribution in [0.3, 0.4) is 0 Å². The summed E-state index contributed by atoms with van der Waals surface area (Å²) in [5, 5.41) is 13.4. The normalized spacial score (nSPS) is 11.6. The summed E-state index contributed by atoms with van der Waals surface area (Å²) in [4.78, 5) is 25.3. The molecule has 0 saturated carbocycles. The van der Waals surface area contributed by atoms with Gasteiger partial charge in [-0.15, -0.1) is 0 Å². The first kappa shape index (κ1) is 12.9. The Morgan fingerprint density at radius 3 is 3.00 bits per heavy atom. The van der Waals surface area contributed by atoms with Gasteiger partial charge in [-0.3, -0.25) is 10.1 Å². The highest BCUT2D eigenvalue weighted by molar-refractivity contribution is 5.79. The third kappa shape index (κ3) is 3.40. The molecule has 0 saturated heterocycles. The molecule has 1 heterocycles. The Kier molecular flexibility index (Phi) is 4.38. The van der Waals surface area contributed by atoms with Gasteiger partial charge in [-0.05, 0) is 19.9 Å². The van der Waals surface area contributed by atoms with Crippen molar-refractivity contribution < 1.29 is 14.5 Å². The first-order chi connectivity index (χ1) is 8.06. The van der Waals surface area contributed by atoms with Crippen molar-refractivity contribution in [1.82, 2.24) is 4.98 Å². The third-order valence-electron chi connectivity index (χ3n) is 1.98. The molecule has 0 spiro atoms. The fourth-order valence-corrected chi connectivity index (χ4v) is 1.19. The molecule has 1 rings (SSSR count). The van der Waals surface area contributed by atoms with Crippen LogP contribution in [0, 0.1) is 10.1 Å². The predicted molar refractivity (Wildman–Crippen MR) is 60.6 cm³/mol. The number of carbonyl (C=O) groups is 1. The maximum atomic E-state index is 11.3. The fraction of sp³-hybridized carbons (Fsp3) is 0.400. The summed E-state index contributed by atoms with van der Waals surface area (Å²) in [6, 6.07) is 2.08. The minimum Gasteiger partial charge on any atom is -0.464 e. The summed E-state index contributed by atoms with van der Waals surface area (Å²) in [5.74, 6) is -0.425. The Labute approximate surface area is 98.0 Å². The van der Waals surface area contributed by atoms with Crippen LogP contribution in [0.25, 0.3) is 0 Å². The number of hydrogen-bond donors (Lipinski definition) is 1. The second-order valence-electron chi connectivity index (χ2n) is 3.25. The Morgan fingerprint density at radius 2 is 2.41 bits per heavy atom. The lowest BCUT2D eigenvalue weighted by Gasteiger charge is -2.12. The van der Waals surface area contributed by atoms with E-state index in [4.69, 9.17) is 4.74 Å². The molecule has 1 atom stereocenters. The van der Waals surface area contributed by atoms with Crippen LogP contribution < -0.4 is 5.32 Å². The first-order valence-corrected chi connectivity index (χ1v) is 5.08. The SMILES string of the molecule is CCOC(=O)C(C)Nc1ncccc1[N+](=O)[O-]. The Morgan fingerprint density at radius 1 is 1.71 bits per heavy atom. The van der Waals surface area contributed by atoms with Gasteiger partial charge in [0, 0.05) is 12.3 Å². The van der Waals surface area contributed by atoms with E-state index in [-0.39, 0.29) is 18.1 Å². The second kappa shape index (κ2) is 5.78. The molecular weight excluding hydrogens is 226 g/mol. The fourth-order valence-electron chi connectivity index (χ4n) is 1.19. The molecule has 0 aromatic carbocycles. The zero-order valence-corrected chi connectivity index (χ0v) is 9.54. The second-order valence-corrected chi connectivity index (χ2v) is 3.25. The number of nitrogens with one attached hydrogen (secondary N) is 1. The molecule has 7 heteroatoms. The quantitative estimate of drug-likeness (QED) is 0.473. The molecule has 0 aliphatic heterocycles. The number of ether oxygens (including phenoxy) is 1. The molecule has 1 unspecified atom stereocenters.